The fraction of sp³-hybridized carbons (Fsp3) is 0.444. The Morgan fingerprint density at radius 3 is 2.92 bits per heavy atom. The number of hydrogen-bond donors (Lipinski definition) is 1. The Kier molecular flexibility index (Phi) is 2.06. The monoisotopic (exact) mass is 179 g/mol. The average Bonchev–Trinajstić information content (AvgIpc) is 2.13. The normalized spacial score (nSPS) is 16.9. The smallest absolute Gasteiger partial charge is 0.214 e. The Morgan fingerprint density at radius 2 is 2.31 bits per heavy atom. The van der Waals surface area contributed by atoms with E-state index in [2.05, 4.69) is 9.88 Å². The molecule has 0 amide bonds. The summed E-state index contributed by atoms with van der Waals surface area (Å²) in [4.78, 5) is 6.43. The van der Waals surface area contributed by atoms with Crippen LogP contribution in [0.4, 0.5) is 5.82 Å². The number of nitrogens with two attached hydrogens (primary N) is 1. The molecule has 2 N–H and O–H groups in total. The number of hydrogen-bond acceptors (Lipinski definition) is 4. The molecule has 4 heteroatoms. The molecule has 0 bridgehead atoms. The third kappa shape index (κ3) is 1.58. The predicted molar refractivity (Wildman–Crippen MR) is 51.0 cm³/mol. The standard InChI is InChI=1S/C9H13N3O/c1-13-9-4-2-3-8(11-9)12-5-7(10)6-12/h2-4,7H,5-6,10H2,1H3. The van der Waals surface area contributed by atoms with Gasteiger partial charge in [-0.25, -0.2) is 0 Å². The van der Waals surface area contributed by atoms with Gasteiger partial charge in [-0.2, -0.15) is 4.98 Å². The van der Waals surface area contributed by atoms with Gasteiger partial charge in [0.2, 0.25) is 5.88 Å². The third-order valence-electron chi connectivity index (χ3n) is 2.15. The van der Waals surface area contributed by atoms with Gasteiger partial charge in [0, 0.05) is 25.2 Å². The van der Waals surface area contributed by atoms with Crippen LogP contribution in [0.25, 0.3) is 0 Å². The minimum atomic E-state index is 0.299. The molecule has 1 aliphatic rings. The number of nitrogens with zero attached hydrogens (tertiary/aromatic N) is 2. The first-order valence-electron chi connectivity index (χ1n) is 4.31. The van der Waals surface area contributed by atoms with Crippen LogP contribution in [0.3, 0.4) is 0 Å². The summed E-state index contributed by atoms with van der Waals surface area (Å²) in [6.45, 7) is 1.78. The molecule has 1 aromatic rings. The van der Waals surface area contributed by atoms with Crippen LogP contribution in [0.15, 0.2) is 18.2 Å². The van der Waals surface area contributed by atoms with Crippen LogP contribution in [0.5, 0.6) is 5.88 Å². The van der Waals surface area contributed by atoms with Gasteiger partial charge < -0.3 is 15.4 Å². The van der Waals surface area contributed by atoms with Crippen molar-refractivity contribution < 1.29 is 4.74 Å². The van der Waals surface area contributed by atoms with Crippen molar-refractivity contribution in [3.8, 4) is 5.88 Å². The second kappa shape index (κ2) is 3.22. The van der Waals surface area contributed by atoms with Crippen molar-refractivity contribution in [1.82, 2.24) is 4.98 Å². The minimum absolute atomic E-state index is 0.299. The number of pyridine rings is 1. The van der Waals surface area contributed by atoms with E-state index >= 15 is 0 Å². The fourth-order valence-electron chi connectivity index (χ4n) is 1.39. The Balaban J connectivity index is 2.12. The molecule has 0 atom stereocenters. The average molecular weight is 179 g/mol. The first-order valence-corrected chi connectivity index (χ1v) is 4.31. The molecular weight excluding hydrogens is 166 g/mol. The van der Waals surface area contributed by atoms with Crippen molar-refractivity contribution in [1.29, 1.82) is 0 Å². The molecule has 0 radical (unpaired) electrons. The summed E-state index contributed by atoms with van der Waals surface area (Å²) < 4.78 is 5.03. The summed E-state index contributed by atoms with van der Waals surface area (Å²) in [7, 11) is 1.62. The summed E-state index contributed by atoms with van der Waals surface area (Å²) >= 11 is 0. The highest BCUT2D eigenvalue weighted by Crippen LogP contribution is 2.19. The van der Waals surface area contributed by atoms with E-state index in [9.17, 15) is 0 Å². The number of ether oxygens (including phenoxy) is 1. The molecule has 0 aromatic carbocycles. The zero-order chi connectivity index (χ0) is 9.26. The minimum Gasteiger partial charge on any atom is -0.481 e. The van der Waals surface area contributed by atoms with Gasteiger partial charge in [-0.15, -0.1) is 0 Å². The summed E-state index contributed by atoms with van der Waals surface area (Å²) in [5.41, 5.74) is 5.68. The predicted octanol–water partition coefficient (Wildman–Crippen LogP) is 0.237. The molecule has 2 rings (SSSR count). The molecule has 1 saturated heterocycles. The molecule has 0 saturated carbocycles. The zero-order valence-electron chi connectivity index (χ0n) is 7.60. The number of methoxy groups -OCH3 is 1. The highest BCUT2D eigenvalue weighted by atomic mass is 16.5. The number of aromatic nitrogens is 1. The van der Waals surface area contributed by atoms with E-state index in [0.29, 0.717) is 11.9 Å². The summed E-state index contributed by atoms with van der Waals surface area (Å²) in [6.07, 6.45) is 0. The number of anilines is 1. The molecule has 0 unspecified atom stereocenters. The van der Waals surface area contributed by atoms with E-state index in [1.165, 1.54) is 0 Å². The van der Waals surface area contributed by atoms with Crippen molar-refractivity contribution in [2.24, 2.45) is 5.73 Å². The Hall–Kier alpha value is -1.29. The van der Waals surface area contributed by atoms with Gasteiger partial charge in [0.25, 0.3) is 0 Å². The van der Waals surface area contributed by atoms with Crippen molar-refractivity contribution >= 4 is 5.82 Å². The first kappa shape index (κ1) is 8.31. The SMILES string of the molecule is COc1cccc(N2CC(N)C2)n1. The van der Waals surface area contributed by atoms with Crippen LogP contribution in [0, 0.1) is 0 Å². The topological polar surface area (TPSA) is 51.4 Å². The maximum absolute atomic E-state index is 5.68. The molecule has 70 valence electrons. The van der Waals surface area contributed by atoms with Crippen LogP contribution in [-0.4, -0.2) is 31.2 Å². The van der Waals surface area contributed by atoms with Crippen molar-refractivity contribution in [3.63, 3.8) is 0 Å². The number of rotatable bonds is 2. The van der Waals surface area contributed by atoms with Gasteiger partial charge in [-0.1, -0.05) is 6.07 Å². The lowest BCUT2D eigenvalue weighted by molar-refractivity contribution is 0.396. The van der Waals surface area contributed by atoms with Gasteiger partial charge in [-0.05, 0) is 6.07 Å². The van der Waals surface area contributed by atoms with Gasteiger partial charge in [0.15, 0.2) is 0 Å². The van der Waals surface area contributed by atoms with E-state index in [0.717, 1.165) is 18.9 Å². The van der Waals surface area contributed by atoms with E-state index in [1.54, 1.807) is 7.11 Å². The Morgan fingerprint density at radius 1 is 1.54 bits per heavy atom. The van der Waals surface area contributed by atoms with E-state index < -0.39 is 0 Å². The molecule has 0 spiro atoms. The van der Waals surface area contributed by atoms with Crippen LogP contribution >= 0.6 is 0 Å². The van der Waals surface area contributed by atoms with Crippen LogP contribution in [0.1, 0.15) is 0 Å². The van der Waals surface area contributed by atoms with Crippen LogP contribution in [-0.2, 0) is 0 Å². The van der Waals surface area contributed by atoms with E-state index in [4.69, 9.17) is 10.5 Å². The lowest BCUT2D eigenvalue weighted by atomic mass is 10.1. The van der Waals surface area contributed by atoms with E-state index in [1.807, 2.05) is 18.2 Å². The molecule has 1 fully saturated rings. The Bertz CT molecular complexity index is 297. The van der Waals surface area contributed by atoms with Crippen molar-refractivity contribution in [2.45, 2.75) is 6.04 Å². The lowest BCUT2D eigenvalue weighted by Crippen LogP contribution is -2.56. The van der Waals surface area contributed by atoms with Gasteiger partial charge in [0.1, 0.15) is 5.82 Å². The van der Waals surface area contributed by atoms with Gasteiger partial charge >= 0.3 is 0 Å². The quantitative estimate of drug-likeness (QED) is 0.706. The van der Waals surface area contributed by atoms with Crippen LogP contribution in [0.2, 0.25) is 0 Å². The second-order valence-corrected chi connectivity index (χ2v) is 3.20. The largest absolute Gasteiger partial charge is 0.481 e. The van der Waals surface area contributed by atoms with Crippen LogP contribution < -0.4 is 15.4 Å². The van der Waals surface area contributed by atoms with Gasteiger partial charge in [0.05, 0.1) is 7.11 Å². The lowest BCUT2D eigenvalue weighted by Gasteiger charge is -2.37. The molecular formula is C9H13N3O. The summed E-state index contributed by atoms with van der Waals surface area (Å²) in [5.74, 6) is 1.60. The highest BCUT2D eigenvalue weighted by molar-refractivity contribution is 5.44. The van der Waals surface area contributed by atoms with Crippen molar-refractivity contribution in [3.05, 3.63) is 18.2 Å². The van der Waals surface area contributed by atoms with Gasteiger partial charge in [-0.3, -0.25) is 0 Å². The maximum atomic E-state index is 5.68. The Labute approximate surface area is 77.3 Å². The molecule has 4 nitrogen and oxygen atoms in total. The summed E-state index contributed by atoms with van der Waals surface area (Å²) in [5, 5.41) is 0. The first-order chi connectivity index (χ1) is 6.29. The highest BCUT2D eigenvalue weighted by Gasteiger charge is 2.24. The maximum Gasteiger partial charge on any atom is 0.214 e. The fourth-order valence-corrected chi connectivity index (χ4v) is 1.39. The molecule has 1 aromatic heterocycles. The molecule has 2 heterocycles. The second-order valence-electron chi connectivity index (χ2n) is 3.20. The zero-order valence-corrected chi connectivity index (χ0v) is 7.60. The summed E-state index contributed by atoms with van der Waals surface area (Å²) in [6, 6.07) is 6.04. The molecule has 0 aliphatic carbocycles. The molecule has 1 aliphatic heterocycles. The third-order valence-corrected chi connectivity index (χ3v) is 2.15. The van der Waals surface area contributed by atoms with Crippen molar-refractivity contribution in [2.75, 3.05) is 25.1 Å². The molecule has 13 heavy (non-hydrogen) atoms. The van der Waals surface area contributed by atoms with E-state index in [-0.39, 0.29) is 0 Å².